The molecule has 110 valence electrons. The fourth-order valence-corrected chi connectivity index (χ4v) is 2.98. The van der Waals surface area contributed by atoms with E-state index >= 15 is 0 Å². The average molecular weight is 274 g/mol. The monoisotopic (exact) mass is 274 g/mol. The minimum absolute atomic E-state index is 0.106. The first-order valence-corrected chi connectivity index (χ1v) is 7.55. The maximum absolute atomic E-state index is 12.2. The summed E-state index contributed by atoms with van der Waals surface area (Å²) in [7, 11) is 0. The van der Waals surface area contributed by atoms with Gasteiger partial charge in [0, 0.05) is 5.69 Å². The summed E-state index contributed by atoms with van der Waals surface area (Å²) >= 11 is 0. The maximum atomic E-state index is 12.2. The van der Waals surface area contributed by atoms with Gasteiger partial charge in [0.2, 0.25) is 5.91 Å². The number of rotatable bonds is 3. The maximum Gasteiger partial charge on any atom is 0.238 e. The highest BCUT2D eigenvalue weighted by atomic mass is 16.2. The number of carbonyl (C=O) groups is 1. The molecule has 1 saturated heterocycles. The molecule has 0 saturated carbocycles. The zero-order valence-electron chi connectivity index (χ0n) is 13.1. The van der Waals surface area contributed by atoms with Crippen molar-refractivity contribution in [3.63, 3.8) is 0 Å². The van der Waals surface area contributed by atoms with Crippen molar-refractivity contribution in [3.05, 3.63) is 28.8 Å². The van der Waals surface area contributed by atoms with Crippen molar-refractivity contribution in [2.45, 2.75) is 40.5 Å². The predicted molar refractivity (Wildman–Crippen MR) is 84.1 cm³/mol. The molecule has 1 aliphatic heterocycles. The van der Waals surface area contributed by atoms with Crippen LogP contribution in [0.1, 0.15) is 36.5 Å². The molecule has 3 nitrogen and oxygen atoms in total. The van der Waals surface area contributed by atoms with Crippen LogP contribution in [0.25, 0.3) is 0 Å². The number of nitrogens with one attached hydrogen (secondary N) is 1. The van der Waals surface area contributed by atoms with Gasteiger partial charge in [0.15, 0.2) is 0 Å². The second-order valence-electron chi connectivity index (χ2n) is 6.28. The Morgan fingerprint density at radius 3 is 2.30 bits per heavy atom. The number of benzene rings is 1. The molecule has 0 bridgehead atoms. The Morgan fingerprint density at radius 2 is 1.75 bits per heavy atom. The molecule has 0 unspecified atom stereocenters. The lowest BCUT2D eigenvalue weighted by Gasteiger charge is -2.29. The topological polar surface area (TPSA) is 32.3 Å². The molecular formula is C17H26N2O. The Hall–Kier alpha value is -1.35. The van der Waals surface area contributed by atoms with Gasteiger partial charge >= 0.3 is 0 Å². The molecule has 0 radical (unpaired) electrons. The molecule has 2 rings (SSSR count). The number of piperidine rings is 1. The van der Waals surface area contributed by atoms with Crippen LogP contribution >= 0.6 is 0 Å². The van der Waals surface area contributed by atoms with Crippen molar-refractivity contribution in [3.8, 4) is 0 Å². The minimum Gasteiger partial charge on any atom is -0.324 e. The Morgan fingerprint density at radius 1 is 1.20 bits per heavy atom. The van der Waals surface area contributed by atoms with E-state index in [0.29, 0.717) is 6.54 Å². The summed E-state index contributed by atoms with van der Waals surface area (Å²) in [5.41, 5.74) is 4.50. The molecule has 0 aromatic heterocycles. The predicted octanol–water partition coefficient (Wildman–Crippen LogP) is 3.28. The van der Waals surface area contributed by atoms with Gasteiger partial charge in [-0.05, 0) is 63.7 Å². The van der Waals surface area contributed by atoms with Gasteiger partial charge < -0.3 is 5.32 Å². The molecule has 1 aromatic rings. The number of amides is 1. The summed E-state index contributed by atoms with van der Waals surface area (Å²) in [5, 5.41) is 3.08. The lowest BCUT2D eigenvalue weighted by atomic mass is 9.99. The van der Waals surface area contributed by atoms with Crippen molar-refractivity contribution >= 4 is 11.6 Å². The van der Waals surface area contributed by atoms with Crippen molar-refractivity contribution in [2.75, 3.05) is 25.0 Å². The van der Waals surface area contributed by atoms with E-state index < -0.39 is 0 Å². The van der Waals surface area contributed by atoms with Gasteiger partial charge in [-0.3, -0.25) is 9.69 Å². The second kappa shape index (κ2) is 6.40. The van der Waals surface area contributed by atoms with Gasteiger partial charge in [0.1, 0.15) is 0 Å². The van der Waals surface area contributed by atoms with E-state index in [9.17, 15) is 4.79 Å². The molecule has 1 amide bonds. The van der Waals surface area contributed by atoms with E-state index in [1.54, 1.807) is 0 Å². The van der Waals surface area contributed by atoms with Crippen LogP contribution in [0, 0.1) is 26.7 Å². The van der Waals surface area contributed by atoms with E-state index in [4.69, 9.17) is 0 Å². The lowest BCUT2D eigenvalue weighted by molar-refractivity contribution is -0.117. The molecule has 1 heterocycles. The molecule has 1 aliphatic rings. The number of likely N-dealkylation sites (tertiary alicyclic amines) is 1. The van der Waals surface area contributed by atoms with Gasteiger partial charge in [-0.2, -0.15) is 0 Å². The van der Waals surface area contributed by atoms with Crippen molar-refractivity contribution in [1.29, 1.82) is 0 Å². The van der Waals surface area contributed by atoms with E-state index in [1.165, 1.54) is 18.4 Å². The third-order valence-electron chi connectivity index (χ3n) is 4.18. The molecule has 0 spiro atoms. The summed E-state index contributed by atoms with van der Waals surface area (Å²) in [5.74, 6) is 0.908. The Bertz CT molecular complexity index is 465. The van der Waals surface area contributed by atoms with Gasteiger partial charge in [0.25, 0.3) is 0 Å². The molecule has 1 aromatic carbocycles. The molecule has 3 heteroatoms. The smallest absolute Gasteiger partial charge is 0.238 e. The number of nitrogens with zero attached hydrogens (tertiary/aromatic N) is 1. The van der Waals surface area contributed by atoms with E-state index in [0.717, 1.165) is 35.8 Å². The average Bonchev–Trinajstić information content (AvgIpc) is 2.36. The van der Waals surface area contributed by atoms with Gasteiger partial charge in [-0.15, -0.1) is 0 Å². The fraction of sp³-hybridized carbons (Fsp3) is 0.588. The van der Waals surface area contributed by atoms with Crippen LogP contribution in [-0.2, 0) is 4.79 Å². The van der Waals surface area contributed by atoms with Crippen LogP contribution < -0.4 is 5.32 Å². The molecule has 0 atom stereocenters. The summed E-state index contributed by atoms with van der Waals surface area (Å²) < 4.78 is 0. The number of anilines is 1. The molecule has 0 aliphatic carbocycles. The summed E-state index contributed by atoms with van der Waals surface area (Å²) in [4.78, 5) is 14.5. The largest absolute Gasteiger partial charge is 0.324 e. The van der Waals surface area contributed by atoms with Crippen LogP contribution in [0.15, 0.2) is 12.1 Å². The van der Waals surface area contributed by atoms with Crippen LogP contribution in [0.3, 0.4) is 0 Å². The number of aryl methyl sites for hydroxylation is 3. The Labute approximate surface area is 122 Å². The normalized spacial score (nSPS) is 17.2. The highest BCUT2D eigenvalue weighted by molar-refractivity contribution is 5.93. The van der Waals surface area contributed by atoms with Crippen molar-refractivity contribution < 1.29 is 4.79 Å². The lowest BCUT2D eigenvalue weighted by Crippen LogP contribution is -2.38. The number of hydrogen-bond acceptors (Lipinski definition) is 2. The van der Waals surface area contributed by atoms with Gasteiger partial charge in [-0.25, -0.2) is 0 Å². The van der Waals surface area contributed by atoms with E-state index in [2.05, 4.69) is 50.0 Å². The summed E-state index contributed by atoms with van der Waals surface area (Å²) in [6.45, 7) is 11.1. The number of carbonyl (C=O) groups excluding carboxylic acids is 1. The quantitative estimate of drug-likeness (QED) is 0.917. The Kier molecular flexibility index (Phi) is 4.81. The Balaban J connectivity index is 1.95. The zero-order chi connectivity index (χ0) is 14.7. The summed E-state index contributed by atoms with van der Waals surface area (Å²) in [6.07, 6.45) is 2.41. The van der Waals surface area contributed by atoms with Crippen molar-refractivity contribution in [1.82, 2.24) is 4.90 Å². The van der Waals surface area contributed by atoms with E-state index in [1.807, 2.05) is 0 Å². The van der Waals surface area contributed by atoms with Crippen molar-refractivity contribution in [2.24, 2.45) is 5.92 Å². The molecule has 1 N–H and O–H groups in total. The highest BCUT2D eigenvalue weighted by Gasteiger charge is 2.18. The molecule has 20 heavy (non-hydrogen) atoms. The molecular weight excluding hydrogens is 248 g/mol. The minimum atomic E-state index is 0.106. The fourth-order valence-electron chi connectivity index (χ4n) is 2.98. The number of hydrogen-bond donors (Lipinski definition) is 1. The highest BCUT2D eigenvalue weighted by Crippen LogP contribution is 2.22. The van der Waals surface area contributed by atoms with Crippen LogP contribution in [0.4, 0.5) is 5.69 Å². The third-order valence-corrected chi connectivity index (χ3v) is 4.18. The standard InChI is InChI=1S/C17H26N2O/c1-12-5-7-19(8-6-12)11-16(20)18-17-14(3)9-13(2)10-15(17)4/h9-10,12H,5-8,11H2,1-4H3,(H,18,20). The first kappa shape index (κ1) is 15.0. The first-order valence-electron chi connectivity index (χ1n) is 7.55. The van der Waals surface area contributed by atoms with E-state index in [-0.39, 0.29) is 5.91 Å². The van der Waals surface area contributed by atoms with Crippen LogP contribution in [0.5, 0.6) is 0 Å². The third kappa shape index (κ3) is 3.83. The summed E-state index contributed by atoms with van der Waals surface area (Å²) in [6, 6.07) is 4.23. The zero-order valence-corrected chi connectivity index (χ0v) is 13.1. The molecule has 1 fully saturated rings. The second-order valence-corrected chi connectivity index (χ2v) is 6.28. The SMILES string of the molecule is Cc1cc(C)c(NC(=O)CN2CCC(C)CC2)c(C)c1. The van der Waals surface area contributed by atoms with Gasteiger partial charge in [-0.1, -0.05) is 24.6 Å². The van der Waals surface area contributed by atoms with Crippen LogP contribution in [0.2, 0.25) is 0 Å². The first-order chi connectivity index (χ1) is 9.45. The van der Waals surface area contributed by atoms with Gasteiger partial charge in [0.05, 0.1) is 6.54 Å². The van der Waals surface area contributed by atoms with Crippen LogP contribution in [-0.4, -0.2) is 30.4 Å².